The number of nitrogens with zero attached hydrogens (tertiary/aromatic N) is 5. The second-order valence-corrected chi connectivity index (χ2v) is 18.9. The van der Waals surface area contributed by atoms with E-state index in [0.29, 0.717) is 42.4 Å². The van der Waals surface area contributed by atoms with Gasteiger partial charge in [-0.05, 0) is 87.1 Å². The highest BCUT2D eigenvalue weighted by Gasteiger charge is 2.55. The van der Waals surface area contributed by atoms with Gasteiger partial charge in [0, 0.05) is 63.3 Å². The topological polar surface area (TPSA) is 167 Å². The smallest absolute Gasteiger partial charge is 0.301 e. The number of fused-ring (bicyclic) bond motifs is 1. The summed E-state index contributed by atoms with van der Waals surface area (Å²) in [6.45, 7) is 5.37. The lowest BCUT2D eigenvalue weighted by Gasteiger charge is -2.62. The second kappa shape index (κ2) is 15.6. The largest absolute Gasteiger partial charge is 0.451 e. The number of anilines is 3. The third kappa shape index (κ3) is 7.80. The number of carbonyl (C=O) groups is 2. The van der Waals surface area contributed by atoms with Crippen molar-refractivity contribution >= 4 is 50.0 Å². The molecule has 2 atom stereocenters. The number of likely N-dealkylation sites (tertiary alicyclic amines) is 1. The summed E-state index contributed by atoms with van der Waals surface area (Å²) in [4.78, 5) is 46.5. The van der Waals surface area contributed by atoms with Crippen LogP contribution in [0.1, 0.15) is 57.9 Å². The molecular formula is C42H47F3N8O7S. The maximum absolute atomic E-state index is 15.4. The molecule has 4 aromatic rings. The molecule has 5 fully saturated rings. The van der Waals surface area contributed by atoms with E-state index in [1.165, 1.54) is 37.6 Å². The minimum Gasteiger partial charge on any atom is -0.451 e. The Kier molecular flexibility index (Phi) is 10.5. The Hall–Kier alpha value is -5.24. The van der Waals surface area contributed by atoms with Crippen LogP contribution in [-0.4, -0.2) is 103 Å². The van der Waals surface area contributed by atoms with Crippen molar-refractivity contribution in [2.75, 3.05) is 61.3 Å². The number of hydrogen-bond acceptors (Lipinski definition) is 11. The molecule has 5 aliphatic rings. The van der Waals surface area contributed by atoms with Crippen molar-refractivity contribution in [3.63, 3.8) is 0 Å². The van der Waals surface area contributed by atoms with Gasteiger partial charge in [0.1, 0.15) is 17.6 Å². The number of amides is 2. The van der Waals surface area contributed by atoms with Gasteiger partial charge in [0.2, 0.25) is 17.6 Å². The molecule has 0 bridgehead atoms. The molecule has 0 radical (unpaired) electrons. The van der Waals surface area contributed by atoms with Crippen LogP contribution in [0.4, 0.5) is 30.2 Å². The molecule has 2 unspecified atom stereocenters. The minimum atomic E-state index is -4.10. The van der Waals surface area contributed by atoms with Crippen molar-refractivity contribution in [1.82, 2.24) is 24.1 Å². The van der Waals surface area contributed by atoms with Crippen LogP contribution < -0.4 is 30.6 Å². The molecule has 3 aromatic carbocycles. The van der Waals surface area contributed by atoms with E-state index in [1.807, 2.05) is 0 Å². The van der Waals surface area contributed by atoms with Crippen LogP contribution in [0.5, 0.6) is 11.5 Å². The molecule has 1 saturated carbocycles. The van der Waals surface area contributed by atoms with Gasteiger partial charge in [0.25, 0.3) is 5.56 Å². The van der Waals surface area contributed by atoms with Gasteiger partial charge in [0.05, 0.1) is 46.9 Å². The van der Waals surface area contributed by atoms with Crippen molar-refractivity contribution in [3.8, 4) is 11.5 Å². The Bertz CT molecular complexity index is 2570. The van der Waals surface area contributed by atoms with Crippen LogP contribution in [0.25, 0.3) is 10.9 Å². The van der Waals surface area contributed by atoms with Crippen LogP contribution in [0.3, 0.4) is 0 Å². The molecule has 3 N–H and O–H groups in total. The number of ether oxygens (including phenoxy) is 2. The molecule has 15 nitrogen and oxygen atoms in total. The van der Waals surface area contributed by atoms with Gasteiger partial charge < -0.3 is 24.6 Å². The van der Waals surface area contributed by atoms with Crippen molar-refractivity contribution in [3.05, 3.63) is 82.7 Å². The fourth-order valence-corrected chi connectivity index (χ4v) is 10.5. The molecule has 2 spiro atoms. The Balaban J connectivity index is 0.786. The highest BCUT2D eigenvalue weighted by Crippen LogP contribution is 2.53. The van der Waals surface area contributed by atoms with Crippen molar-refractivity contribution in [2.24, 2.45) is 5.41 Å². The number of hydrogen-bond donors (Lipinski definition) is 3. The fraction of sp³-hybridized carbons (Fsp3) is 0.476. The average molecular weight is 865 g/mol. The quantitative estimate of drug-likeness (QED) is 0.176. The molecule has 4 aliphatic heterocycles. The predicted molar refractivity (Wildman–Crippen MR) is 220 cm³/mol. The zero-order chi connectivity index (χ0) is 42.8. The summed E-state index contributed by atoms with van der Waals surface area (Å²) in [5.74, 6) is -4.21. The number of carbonyl (C=O) groups excluding carboxylic acids is 2. The monoisotopic (exact) mass is 864 g/mol. The third-order valence-electron chi connectivity index (χ3n) is 13.2. The van der Waals surface area contributed by atoms with E-state index in [9.17, 15) is 27.2 Å². The van der Waals surface area contributed by atoms with E-state index in [1.54, 1.807) is 23.6 Å². The summed E-state index contributed by atoms with van der Waals surface area (Å²) in [6.07, 6.45) is 6.46. The third-order valence-corrected chi connectivity index (χ3v) is 14.7. The summed E-state index contributed by atoms with van der Waals surface area (Å²) in [5, 5.41) is 5.54. The van der Waals surface area contributed by atoms with E-state index in [-0.39, 0.29) is 58.4 Å². The molecule has 4 saturated heterocycles. The first-order chi connectivity index (χ1) is 29.1. The van der Waals surface area contributed by atoms with Crippen LogP contribution in [-0.2, 0) is 24.5 Å². The van der Waals surface area contributed by atoms with Crippen LogP contribution in [0.15, 0.2) is 59.7 Å². The molecule has 2 amide bonds. The second-order valence-electron chi connectivity index (χ2n) is 17.1. The normalized spacial score (nSPS) is 22.7. The number of imide groups is 1. The predicted octanol–water partition coefficient (Wildman–Crippen LogP) is 4.90. The van der Waals surface area contributed by atoms with Crippen molar-refractivity contribution in [2.45, 2.75) is 75.6 Å². The lowest BCUT2D eigenvalue weighted by Crippen LogP contribution is -2.67. The van der Waals surface area contributed by atoms with Gasteiger partial charge in [-0.1, -0.05) is 6.92 Å². The fourth-order valence-electron chi connectivity index (χ4n) is 9.57. The number of aromatic nitrogens is 2. The molecule has 1 aromatic heterocycles. The van der Waals surface area contributed by atoms with E-state index < -0.39 is 45.2 Å². The van der Waals surface area contributed by atoms with E-state index in [4.69, 9.17) is 9.47 Å². The molecule has 9 rings (SSSR count). The van der Waals surface area contributed by atoms with E-state index in [2.05, 4.69) is 30.1 Å². The first kappa shape index (κ1) is 41.1. The summed E-state index contributed by atoms with van der Waals surface area (Å²) in [5.41, 5.74) is 0.361. The molecule has 61 heavy (non-hydrogen) atoms. The van der Waals surface area contributed by atoms with Gasteiger partial charge in [0.15, 0.2) is 11.6 Å². The lowest BCUT2D eigenvalue weighted by molar-refractivity contribution is -0.133. The Morgan fingerprint density at radius 3 is 2.48 bits per heavy atom. The maximum Gasteiger partial charge on any atom is 0.301 e. The maximum atomic E-state index is 15.4. The number of halogens is 3. The summed E-state index contributed by atoms with van der Waals surface area (Å²) in [6, 6.07) is 10.7. The number of piperidine rings is 2. The van der Waals surface area contributed by atoms with Gasteiger partial charge >= 0.3 is 10.2 Å². The van der Waals surface area contributed by atoms with Gasteiger partial charge in [-0.15, -0.1) is 0 Å². The van der Waals surface area contributed by atoms with Gasteiger partial charge in [-0.3, -0.25) is 29.0 Å². The van der Waals surface area contributed by atoms with Gasteiger partial charge in [-0.25, -0.2) is 18.2 Å². The summed E-state index contributed by atoms with van der Waals surface area (Å²) < 4.78 is 87.1. The van der Waals surface area contributed by atoms with Crippen molar-refractivity contribution in [1.29, 1.82) is 0 Å². The number of benzene rings is 3. The first-order valence-corrected chi connectivity index (χ1v) is 22.0. The van der Waals surface area contributed by atoms with Crippen LogP contribution in [0, 0.1) is 22.9 Å². The highest BCUT2D eigenvalue weighted by atomic mass is 32.2. The molecule has 5 heterocycles. The van der Waals surface area contributed by atoms with Crippen LogP contribution in [0.2, 0.25) is 0 Å². The zero-order valence-electron chi connectivity index (χ0n) is 33.8. The summed E-state index contributed by atoms with van der Waals surface area (Å²) in [7, 11) is -2.78. The number of rotatable bonds is 11. The SMILES string of the molecule is CCN(C)S(=O)(=O)Nc1ccc(F)c(Oc2ccc3ncn(C4COC5(CCN(C6CC7(C6)CN(c6ccc(NC8CCC(=O)NC8=O)cc6F)C7)CC5)C4)c(=O)c3c2)c1F. The Labute approximate surface area is 350 Å². The molecule has 19 heteroatoms. The Morgan fingerprint density at radius 2 is 1.75 bits per heavy atom. The van der Waals surface area contributed by atoms with Crippen molar-refractivity contribution < 1.29 is 40.7 Å². The first-order valence-electron chi connectivity index (χ1n) is 20.6. The van der Waals surface area contributed by atoms with E-state index >= 15 is 8.78 Å². The molecule has 1 aliphatic carbocycles. The molecular weight excluding hydrogens is 818 g/mol. The molecule has 324 valence electrons. The Morgan fingerprint density at radius 1 is 0.984 bits per heavy atom. The van der Waals surface area contributed by atoms with Crippen LogP contribution >= 0.6 is 0 Å². The zero-order valence-corrected chi connectivity index (χ0v) is 34.6. The summed E-state index contributed by atoms with van der Waals surface area (Å²) >= 11 is 0. The van der Waals surface area contributed by atoms with Gasteiger partial charge in [-0.2, -0.15) is 12.7 Å². The number of nitrogens with one attached hydrogen (secondary N) is 3. The minimum absolute atomic E-state index is 0.0334. The average Bonchev–Trinajstić information content (AvgIpc) is 3.61. The van der Waals surface area contributed by atoms with E-state index in [0.717, 1.165) is 68.3 Å². The lowest BCUT2D eigenvalue weighted by atomic mass is 9.60. The highest BCUT2D eigenvalue weighted by molar-refractivity contribution is 7.90. The standard InChI is InChI=1S/C42H47F3N8O7S/c1-3-50(2)61(57,58)49-33-8-6-30(43)38(37(33)45)60-28-5-7-32-29(17-28)40(56)53(24-46-32)27-20-42(59-21-27)12-14-51(15-13-42)26-18-41(19-26)22-52(23-41)35-10-4-25(16-31(35)44)47-34-9-11-36(54)48-39(34)55/h4-8,10,16-17,24,26-27,34,47,49H,3,9,11-15,18-23H2,1-2H3,(H,48,54,55).